The van der Waals surface area contributed by atoms with Gasteiger partial charge >= 0.3 is 0 Å². The second-order valence-corrected chi connectivity index (χ2v) is 11.0. The summed E-state index contributed by atoms with van der Waals surface area (Å²) < 4.78 is 0. The summed E-state index contributed by atoms with van der Waals surface area (Å²) in [5.74, 6) is -1.36. The zero-order chi connectivity index (χ0) is 30.1. The van der Waals surface area contributed by atoms with Crippen molar-refractivity contribution in [1.29, 1.82) is 0 Å². The van der Waals surface area contributed by atoms with E-state index in [-0.39, 0.29) is 11.8 Å². The van der Waals surface area contributed by atoms with Crippen LogP contribution in [-0.2, 0) is 4.79 Å². The van der Waals surface area contributed by atoms with Crippen LogP contribution in [0.4, 0.5) is 0 Å². The number of aromatic amines is 1. The van der Waals surface area contributed by atoms with Crippen molar-refractivity contribution in [2.24, 2.45) is 5.92 Å². The summed E-state index contributed by atoms with van der Waals surface area (Å²) in [6.07, 6.45) is 3.66. The minimum Gasteiger partial charge on any atom is -0.354 e. The Morgan fingerprint density at radius 2 is 1.63 bits per heavy atom. The second kappa shape index (κ2) is 11.6. The molecule has 3 aromatic carbocycles. The largest absolute Gasteiger partial charge is 0.354 e. The fraction of sp³-hybridized carbons (Fsp3) is 0.200. The molecular formula is C35H33N5O3. The molecule has 0 aliphatic carbocycles. The molecule has 0 saturated carbocycles. The number of benzene rings is 3. The average molecular weight is 572 g/mol. The molecule has 6 rings (SSSR count). The predicted molar refractivity (Wildman–Crippen MR) is 166 cm³/mol. The maximum atomic E-state index is 14.3. The lowest BCUT2D eigenvalue weighted by atomic mass is 9.90. The maximum Gasteiger partial charge on any atom is 0.269 e. The molecule has 0 saturated heterocycles. The van der Waals surface area contributed by atoms with E-state index in [1.54, 1.807) is 17.0 Å². The molecule has 3 amide bonds. The molecule has 0 bridgehead atoms. The van der Waals surface area contributed by atoms with E-state index in [1.165, 1.54) is 12.4 Å². The molecule has 3 unspecified atom stereocenters. The van der Waals surface area contributed by atoms with E-state index in [2.05, 4.69) is 51.2 Å². The van der Waals surface area contributed by atoms with Gasteiger partial charge in [0.15, 0.2) is 0 Å². The summed E-state index contributed by atoms with van der Waals surface area (Å²) in [5, 5.41) is 0.979. The first kappa shape index (κ1) is 27.9. The van der Waals surface area contributed by atoms with Crippen LogP contribution < -0.4 is 10.9 Å². The van der Waals surface area contributed by atoms with E-state index in [0.717, 1.165) is 38.9 Å². The van der Waals surface area contributed by atoms with Crippen LogP contribution in [0.3, 0.4) is 0 Å². The molecular weight excluding hydrogens is 538 g/mol. The van der Waals surface area contributed by atoms with Crippen LogP contribution in [-0.4, -0.2) is 38.6 Å². The molecule has 1 aliphatic heterocycles. The highest BCUT2D eigenvalue weighted by atomic mass is 16.2. The SMILES string of the molecule is CCC(C)C(C(=O)NNC(=O)c1ccncc1)N1C(=O)c2ccccc2C1c1c(-c2ccc(C)cc2)[nH]c2ccccc12. The van der Waals surface area contributed by atoms with Crippen molar-refractivity contribution in [2.75, 3.05) is 0 Å². The Labute approximate surface area is 250 Å². The Morgan fingerprint density at radius 3 is 2.37 bits per heavy atom. The summed E-state index contributed by atoms with van der Waals surface area (Å²) in [7, 11) is 0. The van der Waals surface area contributed by atoms with E-state index in [4.69, 9.17) is 0 Å². The number of aromatic nitrogens is 2. The Bertz CT molecular complexity index is 1810. The molecule has 0 spiro atoms. The average Bonchev–Trinajstić information content (AvgIpc) is 3.55. The van der Waals surface area contributed by atoms with Crippen LogP contribution >= 0.6 is 0 Å². The standard InChI is InChI=1S/C35H33N5O3/c1-4-22(3)31(34(42)39-38-33(41)24-17-19-36-20-18-24)40-32(25-9-5-6-10-26(25)35(40)43)29-27-11-7-8-12-28(27)37-30(29)23-15-13-21(2)14-16-23/h5-20,22,31-32,37H,4H2,1-3H3,(H,38,41)(H,39,42). The summed E-state index contributed by atoms with van der Waals surface area (Å²) in [5.41, 5.74) is 11.8. The molecule has 0 radical (unpaired) electrons. The van der Waals surface area contributed by atoms with Crippen LogP contribution in [0.5, 0.6) is 0 Å². The molecule has 5 aromatic rings. The molecule has 43 heavy (non-hydrogen) atoms. The third kappa shape index (κ3) is 5.05. The van der Waals surface area contributed by atoms with Gasteiger partial charge in [0, 0.05) is 40.0 Å². The molecule has 1 aliphatic rings. The van der Waals surface area contributed by atoms with Crippen LogP contribution in [0.25, 0.3) is 22.2 Å². The first-order valence-corrected chi connectivity index (χ1v) is 14.5. The fourth-order valence-electron chi connectivity index (χ4n) is 5.96. The number of hydrogen-bond acceptors (Lipinski definition) is 4. The van der Waals surface area contributed by atoms with Crippen molar-refractivity contribution in [1.82, 2.24) is 25.7 Å². The molecule has 3 N–H and O–H groups in total. The van der Waals surface area contributed by atoms with Gasteiger partial charge in [-0.25, -0.2) is 0 Å². The highest BCUT2D eigenvalue weighted by Gasteiger charge is 2.47. The molecule has 2 aromatic heterocycles. The smallest absolute Gasteiger partial charge is 0.269 e. The zero-order valence-electron chi connectivity index (χ0n) is 24.3. The fourth-order valence-corrected chi connectivity index (χ4v) is 5.96. The maximum absolute atomic E-state index is 14.3. The number of fused-ring (bicyclic) bond motifs is 2. The molecule has 0 fully saturated rings. The number of hydrazine groups is 1. The number of hydrogen-bond donors (Lipinski definition) is 3. The van der Waals surface area contributed by atoms with E-state index >= 15 is 0 Å². The van der Waals surface area contributed by atoms with Crippen molar-refractivity contribution in [2.45, 2.75) is 39.3 Å². The topological polar surface area (TPSA) is 107 Å². The quantitative estimate of drug-likeness (QED) is 0.210. The number of rotatable bonds is 7. The van der Waals surface area contributed by atoms with Gasteiger partial charge in [-0.2, -0.15) is 0 Å². The van der Waals surface area contributed by atoms with E-state index in [9.17, 15) is 14.4 Å². The van der Waals surface area contributed by atoms with Gasteiger partial charge in [-0.1, -0.05) is 86.5 Å². The minimum absolute atomic E-state index is 0.216. The monoisotopic (exact) mass is 571 g/mol. The van der Waals surface area contributed by atoms with Gasteiger partial charge in [-0.3, -0.25) is 30.2 Å². The first-order valence-electron chi connectivity index (χ1n) is 14.5. The van der Waals surface area contributed by atoms with Gasteiger partial charge in [0.25, 0.3) is 17.7 Å². The van der Waals surface area contributed by atoms with Crippen molar-refractivity contribution in [3.8, 4) is 11.3 Å². The van der Waals surface area contributed by atoms with Gasteiger partial charge in [0.05, 0.1) is 11.7 Å². The summed E-state index contributed by atoms with van der Waals surface area (Å²) >= 11 is 0. The third-order valence-electron chi connectivity index (χ3n) is 8.35. The van der Waals surface area contributed by atoms with E-state index < -0.39 is 23.9 Å². The Morgan fingerprint density at radius 1 is 0.930 bits per heavy atom. The van der Waals surface area contributed by atoms with Crippen molar-refractivity contribution in [3.63, 3.8) is 0 Å². The lowest BCUT2D eigenvalue weighted by molar-refractivity contribution is -0.128. The normalized spacial score (nSPS) is 15.7. The van der Waals surface area contributed by atoms with Gasteiger partial charge in [0.2, 0.25) is 0 Å². The summed E-state index contributed by atoms with van der Waals surface area (Å²) in [6.45, 7) is 6.00. The number of H-pyrrole nitrogens is 1. The lowest BCUT2D eigenvalue weighted by Gasteiger charge is -2.36. The van der Waals surface area contributed by atoms with E-state index in [1.807, 2.05) is 63.2 Å². The number of carbonyl (C=O) groups excluding carboxylic acids is 3. The van der Waals surface area contributed by atoms with Gasteiger partial charge in [-0.15, -0.1) is 0 Å². The molecule has 3 heterocycles. The zero-order valence-corrected chi connectivity index (χ0v) is 24.3. The van der Waals surface area contributed by atoms with Crippen LogP contribution in [0.1, 0.15) is 63.7 Å². The van der Waals surface area contributed by atoms with Gasteiger partial charge in [-0.05, 0) is 48.2 Å². The highest BCUT2D eigenvalue weighted by molar-refractivity contribution is 6.05. The molecule has 3 atom stereocenters. The number of nitrogens with zero attached hydrogens (tertiary/aromatic N) is 2. The number of nitrogens with one attached hydrogen (secondary N) is 3. The molecule has 8 heteroatoms. The van der Waals surface area contributed by atoms with Crippen molar-refractivity contribution >= 4 is 28.6 Å². The van der Waals surface area contributed by atoms with Crippen molar-refractivity contribution in [3.05, 3.63) is 125 Å². The predicted octanol–water partition coefficient (Wildman–Crippen LogP) is 5.96. The first-order chi connectivity index (χ1) is 20.9. The third-order valence-corrected chi connectivity index (χ3v) is 8.35. The number of pyridine rings is 1. The number of para-hydroxylation sites is 1. The van der Waals surface area contributed by atoms with Crippen LogP contribution in [0.15, 0.2) is 97.3 Å². The number of aryl methyl sites for hydroxylation is 1. The summed E-state index contributed by atoms with van der Waals surface area (Å²) in [6, 6.07) is 25.6. The molecule has 216 valence electrons. The number of amides is 3. The lowest BCUT2D eigenvalue weighted by Crippen LogP contribution is -2.55. The highest BCUT2D eigenvalue weighted by Crippen LogP contribution is 2.47. The minimum atomic E-state index is -0.868. The molecule has 8 nitrogen and oxygen atoms in total. The summed E-state index contributed by atoms with van der Waals surface area (Å²) in [4.78, 5) is 50.3. The van der Waals surface area contributed by atoms with Crippen LogP contribution in [0.2, 0.25) is 0 Å². The van der Waals surface area contributed by atoms with Gasteiger partial charge < -0.3 is 9.88 Å². The second-order valence-electron chi connectivity index (χ2n) is 11.0. The Kier molecular flexibility index (Phi) is 7.50. The van der Waals surface area contributed by atoms with Crippen LogP contribution in [0, 0.1) is 12.8 Å². The van der Waals surface area contributed by atoms with Crippen molar-refractivity contribution < 1.29 is 14.4 Å². The van der Waals surface area contributed by atoms with E-state index in [0.29, 0.717) is 17.5 Å². The number of carbonyl (C=O) groups is 3. The van der Waals surface area contributed by atoms with Gasteiger partial charge in [0.1, 0.15) is 6.04 Å². The Balaban J connectivity index is 1.48. The Hall–Kier alpha value is -5.24.